The average molecular weight is 297 g/mol. The van der Waals surface area contributed by atoms with E-state index in [2.05, 4.69) is 35.6 Å². The fraction of sp³-hybridized carbons (Fsp3) is 0.650. The van der Waals surface area contributed by atoms with E-state index in [1.54, 1.807) is 0 Å². The van der Waals surface area contributed by atoms with E-state index in [0.29, 0.717) is 23.2 Å². The van der Waals surface area contributed by atoms with Crippen LogP contribution >= 0.6 is 0 Å². The van der Waals surface area contributed by atoms with Gasteiger partial charge in [-0.1, -0.05) is 49.6 Å². The van der Waals surface area contributed by atoms with E-state index in [-0.39, 0.29) is 5.92 Å². The smallest absolute Gasteiger partial charge is 0.137 e. The van der Waals surface area contributed by atoms with Crippen molar-refractivity contribution < 1.29 is 4.79 Å². The highest BCUT2D eigenvalue weighted by molar-refractivity contribution is 5.84. The predicted molar refractivity (Wildman–Crippen MR) is 88.4 cm³/mol. The molecule has 5 rings (SSSR count). The molecule has 2 bridgehead atoms. The van der Waals surface area contributed by atoms with Gasteiger partial charge in [0.25, 0.3) is 0 Å². The van der Waals surface area contributed by atoms with Crippen LogP contribution in [0, 0.1) is 17.3 Å². The van der Waals surface area contributed by atoms with Gasteiger partial charge < -0.3 is 5.32 Å². The topological polar surface area (TPSA) is 29.1 Å². The number of ketones is 1. The zero-order valence-electron chi connectivity index (χ0n) is 13.4. The summed E-state index contributed by atoms with van der Waals surface area (Å²) in [4.78, 5) is 12.5. The van der Waals surface area contributed by atoms with Crippen LogP contribution in [0.15, 0.2) is 30.3 Å². The fourth-order valence-electron chi connectivity index (χ4n) is 5.63. The summed E-state index contributed by atoms with van der Waals surface area (Å²) in [5.41, 5.74) is 1.76. The van der Waals surface area contributed by atoms with Crippen molar-refractivity contribution in [2.24, 2.45) is 17.3 Å². The lowest BCUT2D eigenvalue weighted by Crippen LogP contribution is -2.62. The van der Waals surface area contributed by atoms with Crippen LogP contribution in [0.25, 0.3) is 0 Å². The lowest BCUT2D eigenvalue weighted by atomic mass is 9.48. The molecule has 0 amide bonds. The summed E-state index contributed by atoms with van der Waals surface area (Å²) < 4.78 is 0. The molecule has 2 heteroatoms. The minimum absolute atomic E-state index is 0.284. The molecule has 0 saturated heterocycles. The first-order valence-electron chi connectivity index (χ1n) is 9.10. The van der Waals surface area contributed by atoms with Gasteiger partial charge in [-0.3, -0.25) is 4.79 Å². The number of hydrogen-bond acceptors (Lipinski definition) is 2. The molecule has 3 unspecified atom stereocenters. The van der Waals surface area contributed by atoms with Crippen LogP contribution in [0.5, 0.6) is 0 Å². The summed E-state index contributed by atoms with van der Waals surface area (Å²) in [5, 5.41) is 3.84. The highest BCUT2D eigenvalue weighted by Gasteiger charge is 2.57. The lowest BCUT2D eigenvalue weighted by Gasteiger charge is -2.58. The Morgan fingerprint density at radius 1 is 1.05 bits per heavy atom. The summed E-state index contributed by atoms with van der Waals surface area (Å²) in [6, 6.07) is 11.1. The van der Waals surface area contributed by atoms with Gasteiger partial charge in [0.2, 0.25) is 0 Å². The maximum absolute atomic E-state index is 12.5. The van der Waals surface area contributed by atoms with Gasteiger partial charge in [-0.2, -0.15) is 0 Å². The van der Waals surface area contributed by atoms with Crippen molar-refractivity contribution in [1.29, 1.82) is 0 Å². The Bertz CT molecular complexity index is 532. The first-order valence-corrected chi connectivity index (χ1v) is 9.10. The molecule has 0 aliphatic heterocycles. The van der Waals surface area contributed by atoms with Crippen LogP contribution in [0.1, 0.15) is 56.9 Å². The first kappa shape index (κ1) is 14.4. The molecule has 4 aliphatic rings. The summed E-state index contributed by atoms with van der Waals surface area (Å²) in [7, 11) is 0. The molecule has 22 heavy (non-hydrogen) atoms. The fourth-order valence-corrected chi connectivity index (χ4v) is 5.63. The predicted octanol–water partition coefficient (Wildman–Crippen LogP) is 4.09. The average Bonchev–Trinajstić information content (AvgIpc) is 2.57. The van der Waals surface area contributed by atoms with Gasteiger partial charge in [-0.25, -0.2) is 0 Å². The minimum atomic E-state index is 0.284. The molecule has 0 heterocycles. The quantitative estimate of drug-likeness (QED) is 0.910. The van der Waals surface area contributed by atoms with E-state index < -0.39 is 0 Å². The molecule has 0 radical (unpaired) electrons. The van der Waals surface area contributed by atoms with Crippen molar-refractivity contribution in [3.8, 4) is 0 Å². The molecule has 4 fully saturated rings. The van der Waals surface area contributed by atoms with Crippen LogP contribution in [0.4, 0.5) is 0 Å². The van der Waals surface area contributed by atoms with Gasteiger partial charge >= 0.3 is 0 Å². The maximum atomic E-state index is 12.5. The third kappa shape index (κ3) is 2.32. The molecular formula is C20H27NO. The van der Waals surface area contributed by atoms with E-state index in [9.17, 15) is 4.79 Å². The molecule has 3 atom stereocenters. The third-order valence-electron chi connectivity index (χ3n) is 6.68. The van der Waals surface area contributed by atoms with E-state index in [1.165, 1.54) is 44.1 Å². The van der Waals surface area contributed by atoms with Crippen LogP contribution in [-0.4, -0.2) is 11.8 Å². The van der Waals surface area contributed by atoms with Crippen molar-refractivity contribution in [3.05, 3.63) is 35.9 Å². The Morgan fingerprint density at radius 3 is 2.55 bits per heavy atom. The Balaban J connectivity index is 1.57. The molecule has 1 aromatic rings. The van der Waals surface area contributed by atoms with Crippen LogP contribution in [0.2, 0.25) is 0 Å². The lowest BCUT2D eigenvalue weighted by molar-refractivity contribution is -0.144. The van der Waals surface area contributed by atoms with E-state index in [1.807, 2.05) is 0 Å². The second-order valence-electron chi connectivity index (χ2n) is 7.69. The molecule has 1 spiro atoms. The standard InChI is InChI=1S/C20H27NO/c22-18-13-16-9-10-17(18)19(20(16)11-5-2-6-12-20)21-14-15-7-3-1-4-8-15/h1,3-4,7-8,16-17,19,21H,2,5-6,9-14H2. The number of Topliss-reactive ketones (excluding diaryl/α,β-unsaturated/α-hetero) is 1. The number of hydrogen-bond donors (Lipinski definition) is 1. The molecule has 4 saturated carbocycles. The molecule has 118 valence electrons. The number of benzene rings is 1. The normalized spacial score (nSPS) is 33.3. The molecule has 1 N–H and O–H groups in total. The molecular weight excluding hydrogens is 270 g/mol. The monoisotopic (exact) mass is 297 g/mol. The Kier molecular flexibility index (Phi) is 3.81. The largest absolute Gasteiger partial charge is 0.309 e. The van der Waals surface area contributed by atoms with Gasteiger partial charge in [0.1, 0.15) is 5.78 Å². The van der Waals surface area contributed by atoms with Gasteiger partial charge in [-0.15, -0.1) is 0 Å². The molecule has 2 nitrogen and oxygen atoms in total. The number of nitrogens with one attached hydrogen (secondary N) is 1. The van der Waals surface area contributed by atoms with Gasteiger partial charge in [0, 0.05) is 24.9 Å². The zero-order valence-corrected chi connectivity index (χ0v) is 13.4. The van der Waals surface area contributed by atoms with Crippen molar-refractivity contribution >= 4 is 5.78 Å². The van der Waals surface area contributed by atoms with E-state index >= 15 is 0 Å². The second-order valence-corrected chi connectivity index (χ2v) is 7.69. The van der Waals surface area contributed by atoms with E-state index in [4.69, 9.17) is 0 Å². The highest BCUT2D eigenvalue weighted by atomic mass is 16.1. The molecule has 4 aliphatic carbocycles. The second kappa shape index (κ2) is 5.81. The summed E-state index contributed by atoms with van der Waals surface area (Å²) in [6.45, 7) is 0.907. The number of fused-ring (bicyclic) bond motifs is 2. The Hall–Kier alpha value is -1.15. The highest BCUT2D eigenvalue weighted by Crippen LogP contribution is 2.57. The Morgan fingerprint density at radius 2 is 1.82 bits per heavy atom. The number of carbonyl (C=O) groups excluding carboxylic acids is 1. The maximum Gasteiger partial charge on any atom is 0.137 e. The number of rotatable bonds is 3. The van der Waals surface area contributed by atoms with Crippen molar-refractivity contribution in [2.75, 3.05) is 0 Å². The first-order chi connectivity index (χ1) is 10.8. The minimum Gasteiger partial charge on any atom is -0.309 e. The van der Waals surface area contributed by atoms with E-state index in [0.717, 1.165) is 19.4 Å². The van der Waals surface area contributed by atoms with Crippen molar-refractivity contribution in [2.45, 2.75) is 64.0 Å². The Labute approximate surface area is 133 Å². The van der Waals surface area contributed by atoms with Crippen molar-refractivity contribution in [1.82, 2.24) is 5.32 Å². The molecule has 0 aromatic heterocycles. The van der Waals surface area contributed by atoms with Gasteiger partial charge in [0.15, 0.2) is 0 Å². The van der Waals surface area contributed by atoms with Crippen LogP contribution in [0.3, 0.4) is 0 Å². The summed E-state index contributed by atoms with van der Waals surface area (Å²) >= 11 is 0. The van der Waals surface area contributed by atoms with Gasteiger partial charge in [0.05, 0.1) is 0 Å². The SMILES string of the molecule is O=C1CC2CCC1C(NCc1ccccc1)C21CCCCC1. The zero-order chi connectivity index (χ0) is 15.0. The van der Waals surface area contributed by atoms with Crippen LogP contribution in [-0.2, 0) is 11.3 Å². The molecule has 1 aromatic carbocycles. The van der Waals surface area contributed by atoms with Gasteiger partial charge in [-0.05, 0) is 42.6 Å². The van der Waals surface area contributed by atoms with Crippen LogP contribution < -0.4 is 5.32 Å². The summed E-state index contributed by atoms with van der Waals surface area (Å²) in [5.74, 6) is 1.48. The summed E-state index contributed by atoms with van der Waals surface area (Å²) in [6.07, 6.45) is 10.1. The van der Waals surface area contributed by atoms with Crippen molar-refractivity contribution in [3.63, 3.8) is 0 Å². The number of carbonyl (C=O) groups is 1. The third-order valence-corrected chi connectivity index (χ3v) is 6.68.